The van der Waals surface area contributed by atoms with E-state index < -0.39 is 80.7 Å². The highest BCUT2D eigenvalue weighted by atomic mass is 16.5. The minimum atomic E-state index is -2.76. The van der Waals surface area contributed by atoms with Crippen LogP contribution in [-0.4, -0.2) is 63.6 Å². The second-order valence-corrected chi connectivity index (χ2v) is 12.7. The molecule has 220 valence electrons. The fourth-order valence-corrected chi connectivity index (χ4v) is 7.96. The number of hydrogen-bond acceptors (Lipinski definition) is 10. The number of carbonyl (C=O) groups is 7. The zero-order valence-corrected chi connectivity index (χ0v) is 24.2. The highest BCUT2D eigenvalue weighted by Crippen LogP contribution is 2.63. The van der Waals surface area contributed by atoms with Crippen molar-refractivity contribution in [2.75, 3.05) is 7.11 Å². The average Bonchev–Trinajstić information content (AvgIpc) is 2.85. The van der Waals surface area contributed by atoms with Crippen molar-refractivity contribution < 1.29 is 48.5 Å². The Morgan fingerprint density at radius 2 is 1.68 bits per heavy atom. The normalized spacial score (nSPS) is 32.7. The van der Waals surface area contributed by atoms with Crippen molar-refractivity contribution in [3.8, 4) is 5.75 Å². The number of carbonyl (C=O) groups excluding carboxylic acids is 7. The maximum absolute atomic E-state index is 14.3. The third-order valence-corrected chi connectivity index (χ3v) is 9.56. The molecular weight excluding hydrogens is 532 g/mol. The maximum Gasteiger partial charge on any atom is 0.305 e. The molecule has 6 atom stereocenters. The van der Waals surface area contributed by atoms with Gasteiger partial charge < -0.3 is 14.9 Å². The zero-order chi connectivity index (χ0) is 30.8. The third-order valence-electron chi connectivity index (χ3n) is 9.56. The van der Waals surface area contributed by atoms with Crippen LogP contribution < -0.4 is 0 Å². The molecule has 10 heteroatoms. The monoisotopic (exact) mass is 568 g/mol. The summed E-state index contributed by atoms with van der Waals surface area (Å²) in [5.74, 6) is -10.6. The van der Waals surface area contributed by atoms with Crippen molar-refractivity contribution in [3.05, 3.63) is 28.8 Å². The number of phenolic OH excluding ortho intramolecular Hbond substituents is 1. The standard InChI is InChI=1S/C31H36O10/c1-14(2)22-25(36)20(15(3)32)27(38)31(40)28(39)23-26(37)21-17(12-29(23,4)13-30(22,31)5)8-7-16(24(21)35)11-18(33)9-10-19(34)41-6/h7-8,14,20,22-23,35,40H,9-13H2,1-6H3/t20?,22?,23?,29-,30-,31+/m1/s1. The van der Waals surface area contributed by atoms with Crippen molar-refractivity contribution in [1.29, 1.82) is 0 Å². The van der Waals surface area contributed by atoms with E-state index in [4.69, 9.17) is 0 Å². The van der Waals surface area contributed by atoms with Crippen LogP contribution in [0.4, 0.5) is 0 Å². The Balaban J connectivity index is 1.80. The van der Waals surface area contributed by atoms with E-state index in [2.05, 4.69) is 4.74 Å². The lowest BCUT2D eigenvalue weighted by Crippen LogP contribution is -2.76. The average molecular weight is 569 g/mol. The molecule has 0 bridgehead atoms. The van der Waals surface area contributed by atoms with Gasteiger partial charge >= 0.3 is 5.97 Å². The van der Waals surface area contributed by atoms with Crippen LogP contribution in [0.3, 0.4) is 0 Å². The predicted molar refractivity (Wildman–Crippen MR) is 143 cm³/mol. The first-order chi connectivity index (χ1) is 19.0. The van der Waals surface area contributed by atoms with Crippen LogP contribution in [0.25, 0.3) is 0 Å². The minimum absolute atomic E-state index is 0.0302. The summed E-state index contributed by atoms with van der Waals surface area (Å²) in [5, 5.41) is 23.1. The van der Waals surface area contributed by atoms with Gasteiger partial charge in [-0.3, -0.25) is 33.6 Å². The van der Waals surface area contributed by atoms with Crippen LogP contribution in [0, 0.1) is 34.5 Å². The minimum Gasteiger partial charge on any atom is -0.507 e. The van der Waals surface area contributed by atoms with E-state index in [1.54, 1.807) is 26.8 Å². The van der Waals surface area contributed by atoms with E-state index >= 15 is 0 Å². The molecule has 4 rings (SSSR count). The number of benzene rings is 1. The van der Waals surface area contributed by atoms with Crippen molar-refractivity contribution in [2.24, 2.45) is 34.5 Å². The van der Waals surface area contributed by atoms with Gasteiger partial charge in [0, 0.05) is 29.7 Å². The van der Waals surface area contributed by atoms with Gasteiger partial charge in [-0.05, 0) is 36.7 Å². The van der Waals surface area contributed by atoms with E-state index in [1.807, 2.05) is 0 Å². The number of methoxy groups -OCH3 is 1. The molecule has 3 unspecified atom stereocenters. The van der Waals surface area contributed by atoms with Gasteiger partial charge in [0.2, 0.25) is 0 Å². The van der Waals surface area contributed by atoms with E-state index in [9.17, 15) is 43.8 Å². The van der Waals surface area contributed by atoms with Crippen molar-refractivity contribution in [1.82, 2.24) is 0 Å². The van der Waals surface area contributed by atoms with Crippen LogP contribution in [-0.2, 0) is 46.3 Å². The Labute approximate surface area is 237 Å². The van der Waals surface area contributed by atoms with Gasteiger partial charge in [-0.1, -0.05) is 39.8 Å². The summed E-state index contributed by atoms with van der Waals surface area (Å²) < 4.78 is 4.54. The van der Waals surface area contributed by atoms with Crippen molar-refractivity contribution in [3.63, 3.8) is 0 Å². The van der Waals surface area contributed by atoms with Crippen LogP contribution in [0.15, 0.2) is 12.1 Å². The lowest BCUT2D eigenvalue weighted by Gasteiger charge is -2.61. The Bertz CT molecular complexity index is 1410. The summed E-state index contributed by atoms with van der Waals surface area (Å²) >= 11 is 0. The highest BCUT2D eigenvalue weighted by Gasteiger charge is 2.76. The van der Waals surface area contributed by atoms with Gasteiger partial charge in [0.1, 0.15) is 23.2 Å². The summed E-state index contributed by atoms with van der Waals surface area (Å²) in [5.41, 5.74) is -5.03. The van der Waals surface area contributed by atoms with Crippen LogP contribution in [0.5, 0.6) is 5.75 Å². The van der Waals surface area contributed by atoms with Gasteiger partial charge in [0.25, 0.3) is 0 Å². The largest absolute Gasteiger partial charge is 0.507 e. The molecule has 2 N–H and O–H groups in total. The lowest BCUT2D eigenvalue weighted by atomic mass is 9.40. The highest BCUT2D eigenvalue weighted by molar-refractivity contribution is 6.32. The number of hydrogen-bond donors (Lipinski definition) is 2. The predicted octanol–water partition coefficient (Wildman–Crippen LogP) is 2.16. The van der Waals surface area contributed by atoms with Crippen LogP contribution >= 0.6 is 0 Å². The number of phenols is 1. The topological polar surface area (TPSA) is 169 Å². The SMILES string of the molecule is COC(=O)CCC(=O)Cc1ccc2c(c1O)C(=O)C1C(=O)[C@@]3(O)C(=O)C(C(C)=O)C(=O)C(C(C)C)[C@@]3(C)C[C@@]1(C)C2. The molecule has 3 aliphatic carbocycles. The molecular formula is C31H36O10. The maximum atomic E-state index is 14.3. The molecule has 0 radical (unpaired) electrons. The van der Waals surface area contributed by atoms with Gasteiger partial charge in [-0.15, -0.1) is 0 Å². The number of Topliss-reactive ketones (excluding diaryl/α,β-unsaturated/α-hetero) is 6. The molecule has 41 heavy (non-hydrogen) atoms. The number of aromatic hydroxyl groups is 1. The number of aliphatic hydroxyl groups is 1. The van der Waals surface area contributed by atoms with E-state index in [0.717, 1.165) is 6.92 Å². The molecule has 1 aromatic rings. The molecule has 0 aromatic heterocycles. The second-order valence-electron chi connectivity index (χ2n) is 12.7. The number of fused-ring (bicyclic) bond motifs is 3. The Morgan fingerprint density at radius 1 is 1.05 bits per heavy atom. The van der Waals surface area contributed by atoms with Gasteiger partial charge in [0.05, 0.1) is 25.0 Å². The lowest BCUT2D eigenvalue weighted by molar-refractivity contribution is -0.205. The van der Waals surface area contributed by atoms with Gasteiger partial charge in [0.15, 0.2) is 28.7 Å². The molecule has 0 saturated heterocycles. The summed E-state index contributed by atoms with van der Waals surface area (Å²) in [6, 6.07) is 3.12. The molecule has 0 aliphatic heterocycles. The Kier molecular flexibility index (Phi) is 7.48. The van der Waals surface area contributed by atoms with Crippen molar-refractivity contribution >= 4 is 40.7 Å². The fourth-order valence-electron chi connectivity index (χ4n) is 7.96. The number of ketones is 6. The van der Waals surface area contributed by atoms with Crippen LogP contribution in [0.2, 0.25) is 0 Å². The van der Waals surface area contributed by atoms with Gasteiger partial charge in [-0.2, -0.15) is 0 Å². The summed E-state index contributed by atoms with van der Waals surface area (Å²) in [4.78, 5) is 91.7. The smallest absolute Gasteiger partial charge is 0.305 e. The van der Waals surface area contributed by atoms with Crippen molar-refractivity contribution in [2.45, 2.75) is 72.3 Å². The molecule has 3 aliphatic rings. The Morgan fingerprint density at radius 3 is 2.24 bits per heavy atom. The zero-order valence-electron chi connectivity index (χ0n) is 24.2. The third kappa shape index (κ3) is 4.29. The summed E-state index contributed by atoms with van der Waals surface area (Å²) in [7, 11) is 1.20. The number of ether oxygens (including phenoxy) is 1. The van der Waals surface area contributed by atoms with E-state index in [1.165, 1.54) is 20.1 Å². The first kappa shape index (κ1) is 30.4. The summed E-state index contributed by atoms with van der Waals surface area (Å²) in [6.45, 7) is 7.74. The summed E-state index contributed by atoms with van der Waals surface area (Å²) in [6.07, 6.45) is -0.433. The first-order valence-corrected chi connectivity index (χ1v) is 13.8. The molecule has 1 aromatic carbocycles. The quantitative estimate of drug-likeness (QED) is 0.367. The molecule has 10 nitrogen and oxygen atoms in total. The van der Waals surface area contributed by atoms with Gasteiger partial charge in [-0.25, -0.2) is 0 Å². The number of rotatable bonds is 7. The molecule has 2 fully saturated rings. The van der Waals surface area contributed by atoms with E-state index in [0.29, 0.717) is 5.56 Å². The van der Waals surface area contributed by atoms with Crippen LogP contribution in [0.1, 0.15) is 75.4 Å². The molecule has 0 heterocycles. The molecule has 2 saturated carbocycles. The molecule has 0 spiro atoms. The first-order valence-electron chi connectivity index (χ1n) is 13.8. The van der Waals surface area contributed by atoms with E-state index in [-0.39, 0.29) is 49.0 Å². The molecule has 0 amide bonds. The number of esters is 1. The second kappa shape index (κ2) is 10.1. The Hall–Kier alpha value is -3.53. The fraction of sp³-hybridized carbons (Fsp3) is 0.581.